The van der Waals surface area contributed by atoms with Gasteiger partial charge in [-0.15, -0.1) is 12.4 Å². The largest absolute Gasteiger partial charge is 0.330 e. The zero-order chi connectivity index (χ0) is 15.7. The number of pyridine rings is 1. The van der Waals surface area contributed by atoms with Crippen LogP contribution in [0, 0.1) is 5.92 Å². The molecule has 2 heterocycles. The maximum absolute atomic E-state index is 12.5. The fraction of sp³-hybridized carbons (Fsp3) is 0.583. The van der Waals surface area contributed by atoms with Crippen molar-refractivity contribution in [2.45, 2.75) is 22.8 Å². The van der Waals surface area contributed by atoms with Crippen molar-refractivity contribution in [2.75, 3.05) is 25.9 Å². The van der Waals surface area contributed by atoms with Gasteiger partial charge in [-0.3, -0.25) is 0 Å². The highest BCUT2D eigenvalue weighted by atomic mass is 35.5. The van der Waals surface area contributed by atoms with Crippen LogP contribution in [-0.4, -0.2) is 52.0 Å². The van der Waals surface area contributed by atoms with Gasteiger partial charge in [0.15, 0.2) is 14.9 Å². The smallest absolute Gasteiger partial charge is 0.244 e. The molecule has 0 aliphatic carbocycles. The first-order chi connectivity index (χ1) is 9.75. The summed E-state index contributed by atoms with van der Waals surface area (Å²) in [6, 6.07) is 2.50. The summed E-state index contributed by atoms with van der Waals surface area (Å²) in [5, 5.41) is -0.139. The molecule has 1 saturated heterocycles. The summed E-state index contributed by atoms with van der Waals surface area (Å²) in [5.74, 6) is 0.164. The number of piperidine rings is 1. The average molecular weight is 370 g/mol. The average Bonchev–Trinajstić information content (AvgIpc) is 2.46. The molecule has 0 spiro atoms. The molecule has 1 unspecified atom stereocenters. The van der Waals surface area contributed by atoms with Gasteiger partial charge in [-0.2, -0.15) is 4.31 Å². The van der Waals surface area contributed by atoms with E-state index in [4.69, 9.17) is 5.73 Å². The van der Waals surface area contributed by atoms with Crippen molar-refractivity contribution in [1.82, 2.24) is 9.29 Å². The summed E-state index contributed by atoms with van der Waals surface area (Å²) >= 11 is 0. The van der Waals surface area contributed by atoms with Crippen LogP contribution < -0.4 is 5.73 Å². The number of halogens is 1. The second-order valence-corrected chi connectivity index (χ2v) is 9.11. The van der Waals surface area contributed by atoms with E-state index >= 15 is 0 Å². The molecule has 1 aromatic rings. The third-order valence-electron chi connectivity index (χ3n) is 3.54. The number of nitrogens with zero attached hydrogens (tertiary/aromatic N) is 2. The van der Waals surface area contributed by atoms with Crippen LogP contribution in [0.3, 0.4) is 0 Å². The maximum Gasteiger partial charge on any atom is 0.244 e. The summed E-state index contributed by atoms with van der Waals surface area (Å²) in [7, 11) is -7.09. The number of nitrogens with two attached hydrogens (primary N) is 1. The lowest BCUT2D eigenvalue weighted by Gasteiger charge is -2.31. The summed E-state index contributed by atoms with van der Waals surface area (Å²) in [5.41, 5.74) is 5.61. The molecule has 7 nitrogen and oxygen atoms in total. The Bertz CT molecular complexity index is 704. The highest BCUT2D eigenvalue weighted by Crippen LogP contribution is 2.23. The molecule has 1 aliphatic rings. The van der Waals surface area contributed by atoms with Crippen LogP contribution in [0.5, 0.6) is 0 Å². The fourth-order valence-electron chi connectivity index (χ4n) is 2.33. The number of sulfonamides is 1. The topological polar surface area (TPSA) is 110 Å². The van der Waals surface area contributed by atoms with Crippen molar-refractivity contribution in [3.05, 3.63) is 18.3 Å². The van der Waals surface area contributed by atoms with E-state index in [0.717, 1.165) is 25.3 Å². The molecule has 10 heteroatoms. The molecule has 0 amide bonds. The molecule has 1 atom stereocenters. The number of aromatic nitrogens is 1. The van der Waals surface area contributed by atoms with E-state index in [2.05, 4.69) is 4.98 Å². The van der Waals surface area contributed by atoms with E-state index < -0.39 is 19.9 Å². The second kappa shape index (κ2) is 7.22. The third-order valence-corrected chi connectivity index (χ3v) is 6.39. The van der Waals surface area contributed by atoms with E-state index in [1.165, 1.54) is 16.4 Å². The summed E-state index contributed by atoms with van der Waals surface area (Å²) < 4.78 is 49.1. The van der Waals surface area contributed by atoms with Gasteiger partial charge in [-0.1, -0.05) is 0 Å². The van der Waals surface area contributed by atoms with E-state index in [1.54, 1.807) is 0 Å². The Kier molecular flexibility index (Phi) is 6.34. The minimum atomic E-state index is -3.65. The Balaban J connectivity index is 0.00000242. The minimum Gasteiger partial charge on any atom is -0.330 e. The van der Waals surface area contributed by atoms with Gasteiger partial charge < -0.3 is 5.73 Å². The number of sulfone groups is 1. The third kappa shape index (κ3) is 4.17. The lowest BCUT2D eigenvalue weighted by atomic mass is 10.0. The van der Waals surface area contributed by atoms with Crippen LogP contribution in [0.2, 0.25) is 0 Å². The molecule has 22 heavy (non-hydrogen) atoms. The van der Waals surface area contributed by atoms with Gasteiger partial charge in [0.25, 0.3) is 0 Å². The van der Waals surface area contributed by atoms with Gasteiger partial charge >= 0.3 is 0 Å². The highest BCUT2D eigenvalue weighted by Gasteiger charge is 2.30. The summed E-state index contributed by atoms with van der Waals surface area (Å²) in [6.45, 7) is 1.30. The summed E-state index contributed by atoms with van der Waals surface area (Å²) in [6.07, 6.45) is 3.82. The number of hydrogen-bond acceptors (Lipinski definition) is 6. The monoisotopic (exact) mass is 369 g/mol. The fourth-order valence-corrected chi connectivity index (χ4v) is 4.39. The second-order valence-electron chi connectivity index (χ2n) is 5.21. The van der Waals surface area contributed by atoms with Crippen molar-refractivity contribution < 1.29 is 16.8 Å². The van der Waals surface area contributed by atoms with Gasteiger partial charge in [0.1, 0.15) is 4.90 Å². The molecule has 0 radical (unpaired) electrons. The molecule has 0 bridgehead atoms. The zero-order valence-corrected chi connectivity index (χ0v) is 14.6. The van der Waals surface area contributed by atoms with Gasteiger partial charge in [0, 0.05) is 25.5 Å². The quantitative estimate of drug-likeness (QED) is 0.815. The molecular formula is C12H20ClN3O4S2. The first-order valence-corrected chi connectivity index (χ1v) is 9.94. The van der Waals surface area contributed by atoms with Crippen LogP contribution in [0.1, 0.15) is 12.8 Å². The standard InChI is InChI=1S/C12H19N3O4S2.ClH/c1-20(16,17)12-5-4-11(8-14-12)21(18,19)15-6-2-3-10(7-13)9-15;/h4-5,8,10H,2-3,6-7,9,13H2,1H3;1H. The summed E-state index contributed by atoms with van der Waals surface area (Å²) in [4.78, 5) is 3.74. The Morgan fingerprint density at radius 2 is 2.00 bits per heavy atom. The van der Waals surface area contributed by atoms with E-state index in [9.17, 15) is 16.8 Å². The van der Waals surface area contributed by atoms with Gasteiger partial charge in [0.05, 0.1) is 0 Å². The molecule has 1 aliphatic heterocycles. The van der Waals surface area contributed by atoms with E-state index in [-0.39, 0.29) is 28.2 Å². The van der Waals surface area contributed by atoms with E-state index in [0.29, 0.717) is 19.6 Å². The zero-order valence-electron chi connectivity index (χ0n) is 12.2. The van der Waals surface area contributed by atoms with Crippen molar-refractivity contribution in [3.63, 3.8) is 0 Å². The SMILES string of the molecule is CS(=O)(=O)c1ccc(S(=O)(=O)N2CCCC(CN)C2)cn1.Cl. The molecule has 1 fully saturated rings. The van der Waals surface area contributed by atoms with Gasteiger partial charge in [-0.05, 0) is 37.4 Å². The lowest BCUT2D eigenvalue weighted by Crippen LogP contribution is -2.42. The van der Waals surface area contributed by atoms with E-state index in [1.807, 2.05) is 0 Å². The van der Waals surface area contributed by atoms with Crippen LogP contribution in [-0.2, 0) is 19.9 Å². The number of hydrogen-bond donors (Lipinski definition) is 1. The normalized spacial score (nSPS) is 20.4. The van der Waals surface area contributed by atoms with Crippen molar-refractivity contribution in [3.8, 4) is 0 Å². The molecule has 2 N–H and O–H groups in total. The van der Waals surface area contributed by atoms with Crippen LogP contribution in [0.15, 0.2) is 28.3 Å². The van der Waals surface area contributed by atoms with Crippen molar-refractivity contribution >= 4 is 32.3 Å². The Morgan fingerprint density at radius 3 is 2.50 bits per heavy atom. The Hall–Kier alpha value is -0.740. The molecular weight excluding hydrogens is 350 g/mol. The first kappa shape index (κ1) is 19.3. The Morgan fingerprint density at radius 1 is 1.32 bits per heavy atom. The number of rotatable bonds is 4. The molecule has 0 saturated carbocycles. The lowest BCUT2D eigenvalue weighted by molar-refractivity contribution is 0.271. The predicted molar refractivity (Wildman–Crippen MR) is 85.1 cm³/mol. The first-order valence-electron chi connectivity index (χ1n) is 6.61. The predicted octanol–water partition coefficient (Wildman–Crippen LogP) is 0.266. The molecule has 0 aromatic carbocycles. The van der Waals surface area contributed by atoms with Gasteiger partial charge in [-0.25, -0.2) is 21.8 Å². The Labute approximate surface area is 137 Å². The van der Waals surface area contributed by atoms with Crippen molar-refractivity contribution in [1.29, 1.82) is 0 Å². The maximum atomic E-state index is 12.5. The van der Waals surface area contributed by atoms with Crippen LogP contribution >= 0.6 is 12.4 Å². The highest BCUT2D eigenvalue weighted by molar-refractivity contribution is 7.90. The molecule has 2 rings (SSSR count). The molecule has 1 aromatic heterocycles. The van der Waals surface area contributed by atoms with Crippen LogP contribution in [0.4, 0.5) is 0 Å². The minimum absolute atomic E-state index is 0. The van der Waals surface area contributed by atoms with Gasteiger partial charge in [0.2, 0.25) is 10.0 Å². The van der Waals surface area contributed by atoms with Crippen molar-refractivity contribution in [2.24, 2.45) is 11.7 Å². The van der Waals surface area contributed by atoms with Crippen LogP contribution in [0.25, 0.3) is 0 Å². The molecule has 126 valence electrons.